The van der Waals surface area contributed by atoms with Gasteiger partial charge in [0.1, 0.15) is 12.5 Å². The van der Waals surface area contributed by atoms with Crippen molar-refractivity contribution in [1.82, 2.24) is 0 Å². The van der Waals surface area contributed by atoms with Crippen molar-refractivity contribution >= 4 is 17.4 Å². The molecule has 0 aromatic heterocycles. The average Bonchev–Trinajstić information content (AvgIpc) is 2.32. The summed E-state index contributed by atoms with van der Waals surface area (Å²) < 4.78 is 10.3. The van der Waals surface area contributed by atoms with Gasteiger partial charge in [0, 0.05) is 12.7 Å². The van der Waals surface area contributed by atoms with Crippen molar-refractivity contribution in [3.05, 3.63) is 23.8 Å². The number of hydrogen-bond acceptors (Lipinski definition) is 4. The zero-order valence-corrected chi connectivity index (χ0v) is 9.73. The van der Waals surface area contributed by atoms with E-state index in [4.69, 9.17) is 9.47 Å². The topological polar surface area (TPSA) is 55.8 Å². The van der Waals surface area contributed by atoms with Gasteiger partial charge in [-0.25, -0.2) is 0 Å². The number of hydrogen-bond donors (Lipinski definition) is 0. The molecule has 2 rings (SSSR count). The molecule has 0 unspecified atom stereocenters. The van der Waals surface area contributed by atoms with Gasteiger partial charge in [0.2, 0.25) is 0 Å². The predicted octanol–water partition coefficient (Wildman–Crippen LogP) is 1.22. The molecule has 5 heteroatoms. The number of nitrogens with zero attached hydrogens (tertiary/aromatic N) is 1. The normalized spacial score (nSPS) is 14.2. The summed E-state index contributed by atoms with van der Waals surface area (Å²) in [5.74, 6) is 0.356. The summed E-state index contributed by atoms with van der Waals surface area (Å²) in [7, 11) is 1.51. The summed E-state index contributed by atoms with van der Waals surface area (Å²) in [6.45, 7) is 1.63. The lowest BCUT2D eigenvalue weighted by atomic mass is 10.1. The predicted molar refractivity (Wildman–Crippen MR) is 61.3 cm³/mol. The molecule has 1 amide bonds. The minimum atomic E-state index is -0.181. The highest BCUT2D eigenvalue weighted by atomic mass is 16.5. The van der Waals surface area contributed by atoms with Crippen molar-refractivity contribution < 1.29 is 19.1 Å². The number of amides is 1. The molecular weight excluding hydrogens is 222 g/mol. The van der Waals surface area contributed by atoms with Gasteiger partial charge in [-0.15, -0.1) is 0 Å². The van der Waals surface area contributed by atoms with E-state index in [2.05, 4.69) is 0 Å². The Kier molecular flexibility index (Phi) is 3.10. The molecule has 1 heterocycles. The third-order valence-electron chi connectivity index (χ3n) is 2.57. The number of fused-ring (bicyclic) bond motifs is 1. The third kappa shape index (κ3) is 2.14. The summed E-state index contributed by atoms with van der Waals surface area (Å²) >= 11 is 0. The standard InChI is InChI=1S/C12H13NO4/c1-8(14)9-3-4-11-10(5-9)13(7-16-2)12(15)6-17-11/h3-5H,6-7H2,1-2H3. The van der Waals surface area contributed by atoms with Crippen LogP contribution in [0.1, 0.15) is 17.3 Å². The van der Waals surface area contributed by atoms with Crippen LogP contribution in [0, 0.1) is 0 Å². The Morgan fingerprint density at radius 3 is 2.94 bits per heavy atom. The molecule has 0 atom stereocenters. The monoisotopic (exact) mass is 235 g/mol. The number of benzene rings is 1. The van der Waals surface area contributed by atoms with E-state index < -0.39 is 0 Å². The molecule has 0 saturated heterocycles. The number of ether oxygens (including phenoxy) is 2. The minimum absolute atomic E-state index is 0.00419. The molecule has 90 valence electrons. The van der Waals surface area contributed by atoms with E-state index in [9.17, 15) is 9.59 Å². The lowest BCUT2D eigenvalue weighted by Crippen LogP contribution is -2.40. The van der Waals surface area contributed by atoms with Crippen LogP contribution in [-0.4, -0.2) is 32.1 Å². The number of ketones is 1. The number of anilines is 1. The number of carbonyl (C=O) groups excluding carboxylic acids is 2. The Bertz CT molecular complexity index is 470. The van der Waals surface area contributed by atoms with Crippen LogP contribution in [-0.2, 0) is 9.53 Å². The SMILES string of the molecule is COCN1C(=O)COc2ccc(C(C)=O)cc21. The molecule has 1 aliphatic rings. The van der Waals surface area contributed by atoms with E-state index in [1.54, 1.807) is 18.2 Å². The van der Waals surface area contributed by atoms with E-state index in [-0.39, 0.29) is 25.0 Å². The van der Waals surface area contributed by atoms with E-state index in [0.717, 1.165) is 0 Å². The molecule has 1 aromatic carbocycles. The highest BCUT2D eigenvalue weighted by Crippen LogP contribution is 2.32. The van der Waals surface area contributed by atoms with Crippen LogP contribution in [0.15, 0.2) is 18.2 Å². The van der Waals surface area contributed by atoms with Gasteiger partial charge in [-0.3, -0.25) is 14.5 Å². The zero-order chi connectivity index (χ0) is 12.4. The second-order valence-electron chi connectivity index (χ2n) is 3.77. The van der Waals surface area contributed by atoms with Crippen molar-refractivity contribution in [1.29, 1.82) is 0 Å². The third-order valence-corrected chi connectivity index (χ3v) is 2.57. The van der Waals surface area contributed by atoms with E-state index in [1.165, 1.54) is 18.9 Å². The molecular formula is C12H13NO4. The first-order chi connectivity index (χ1) is 8.13. The van der Waals surface area contributed by atoms with Gasteiger partial charge in [0.05, 0.1) is 5.69 Å². The van der Waals surface area contributed by atoms with Crippen LogP contribution in [0.25, 0.3) is 0 Å². The van der Waals surface area contributed by atoms with E-state index in [0.29, 0.717) is 17.0 Å². The average molecular weight is 235 g/mol. The second kappa shape index (κ2) is 4.55. The van der Waals surface area contributed by atoms with Gasteiger partial charge in [0.25, 0.3) is 5.91 Å². The smallest absolute Gasteiger partial charge is 0.266 e. The molecule has 0 fully saturated rings. The Balaban J connectivity index is 2.44. The molecule has 17 heavy (non-hydrogen) atoms. The number of methoxy groups -OCH3 is 1. The van der Waals surface area contributed by atoms with E-state index in [1.807, 2.05) is 0 Å². The fraction of sp³-hybridized carbons (Fsp3) is 0.333. The fourth-order valence-corrected chi connectivity index (χ4v) is 1.69. The molecule has 1 aliphatic heterocycles. The van der Waals surface area contributed by atoms with Crippen molar-refractivity contribution in [3.63, 3.8) is 0 Å². The Morgan fingerprint density at radius 1 is 1.53 bits per heavy atom. The number of Topliss-reactive ketones (excluding diaryl/α,β-unsaturated/α-hetero) is 1. The quantitative estimate of drug-likeness (QED) is 0.739. The summed E-state index contributed by atoms with van der Waals surface area (Å²) in [4.78, 5) is 24.4. The number of carbonyl (C=O) groups is 2. The zero-order valence-electron chi connectivity index (χ0n) is 9.73. The van der Waals surface area contributed by atoms with Gasteiger partial charge < -0.3 is 9.47 Å². The van der Waals surface area contributed by atoms with Crippen LogP contribution in [0.4, 0.5) is 5.69 Å². The van der Waals surface area contributed by atoms with Gasteiger partial charge >= 0.3 is 0 Å². The Hall–Kier alpha value is -1.88. The Morgan fingerprint density at radius 2 is 2.29 bits per heavy atom. The van der Waals surface area contributed by atoms with Crippen LogP contribution in [0.2, 0.25) is 0 Å². The van der Waals surface area contributed by atoms with E-state index >= 15 is 0 Å². The first-order valence-electron chi connectivity index (χ1n) is 5.20. The molecule has 0 bridgehead atoms. The maximum absolute atomic E-state index is 11.7. The maximum atomic E-state index is 11.7. The van der Waals surface area contributed by atoms with Gasteiger partial charge in [-0.1, -0.05) is 0 Å². The Labute approximate surface area is 98.9 Å². The first kappa shape index (κ1) is 11.6. The first-order valence-corrected chi connectivity index (χ1v) is 5.20. The largest absolute Gasteiger partial charge is 0.482 e. The number of rotatable bonds is 3. The maximum Gasteiger partial charge on any atom is 0.266 e. The van der Waals surface area contributed by atoms with Crippen molar-refractivity contribution in [3.8, 4) is 5.75 Å². The lowest BCUT2D eigenvalue weighted by Gasteiger charge is -2.28. The van der Waals surface area contributed by atoms with Crippen molar-refractivity contribution in [2.24, 2.45) is 0 Å². The van der Waals surface area contributed by atoms with Crippen molar-refractivity contribution in [2.45, 2.75) is 6.92 Å². The van der Waals surface area contributed by atoms with Crippen LogP contribution in [0.5, 0.6) is 5.75 Å². The summed E-state index contributed by atoms with van der Waals surface area (Å²) in [5, 5.41) is 0. The van der Waals surface area contributed by atoms with Crippen LogP contribution in [0.3, 0.4) is 0 Å². The molecule has 0 spiro atoms. The highest BCUT2D eigenvalue weighted by Gasteiger charge is 2.25. The minimum Gasteiger partial charge on any atom is -0.482 e. The summed E-state index contributed by atoms with van der Waals surface area (Å²) in [6.07, 6.45) is 0. The molecule has 0 aliphatic carbocycles. The molecule has 0 N–H and O–H groups in total. The summed E-state index contributed by atoms with van der Waals surface area (Å²) in [5.41, 5.74) is 1.12. The molecule has 0 saturated carbocycles. The fourth-order valence-electron chi connectivity index (χ4n) is 1.69. The summed E-state index contributed by atoms with van der Waals surface area (Å²) in [6, 6.07) is 5.02. The van der Waals surface area contributed by atoms with Gasteiger partial charge in [0.15, 0.2) is 12.4 Å². The van der Waals surface area contributed by atoms with Crippen LogP contribution < -0.4 is 9.64 Å². The van der Waals surface area contributed by atoms with Crippen LogP contribution >= 0.6 is 0 Å². The molecule has 5 nitrogen and oxygen atoms in total. The highest BCUT2D eigenvalue weighted by molar-refractivity contribution is 6.01. The van der Waals surface area contributed by atoms with Gasteiger partial charge in [-0.2, -0.15) is 0 Å². The molecule has 0 radical (unpaired) electrons. The molecule has 1 aromatic rings. The second-order valence-corrected chi connectivity index (χ2v) is 3.77. The lowest BCUT2D eigenvalue weighted by molar-refractivity contribution is -0.122. The van der Waals surface area contributed by atoms with Crippen molar-refractivity contribution in [2.75, 3.05) is 25.3 Å². The van der Waals surface area contributed by atoms with Gasteiger partial charge in [-0.05, 0) is 25.1 Å².